The molecule has 0 saturated carbocycles. The highest BCUT2D eigenvalue weighted by Gasteiger charge is 2.18. The highest BCUT2D eigenvalue weighted by Crippen LogP contribution is 2.16. The van der Waals surface area contributed by atoms with Gasteiger partial charge in [-0.2, -0.15) is 0 Å². The van der Waals surface area contributed by atoms with Gasteiger partial charge >= 0.3 is 0 Å². The Balaban J connectivity index is 2.59. The molecule has 0 aliphatic rings. The summed E-state index contributed by atoms with van der Waals surface area (Å²) in [5.74, 6) is -0.125. The van der Waals surface area contributed by atoms with Crippen LogP contribution in [0.15, 0.2) is 24.3 Å². The van der Waals surface area contributed by atoms with Gasteiger partial charge in [-0.15, -0.1) is 0 Å². The topological polar surface area (TPSA) is 41.1 Å². The third-order valence-corrected chi connectivity index (χ3v) is 2.83. The monoisotopic (exact) mass is 254 g/mol. The Labute approximate surface area is 108 Å². The van der Waals surface area contributed by atoms with Crippen molar-refractivity contribution >= 4 is 17.5 Å². The largest absolute Gasteiger partial charge is 0.351 e. The zero-order valence-corrected chi connectivity index (χ0v) is 11.3. The first-order valence-corrected chi connectivity index (χ1v) is 6.01. The second-order valence-electron chi connectivity index (χ2n) is 4.86. The number of nitrogens with one attached hydrogen (secondary N) is 2. The smallest absolute Gasteiger partial charge is 0.252 e. The molecular formula is C13H19ClN2O. The lowest BCUT2D eigenvalue weighted by molar-refractivity contribution is 0.0937. The highest BCUT2D eigenvalue weighted by molar-refractivity contribution is 6.33. The molecule has 0 aliphatic carbocycles. The number of halogens is 1. The zero-order valence-electron chi connectivity index (χ0n) is 10.5. The van der Waals surface area contributed by atoms with Crippen LogP contribution in [-0.2, 0) is 0 Å². The van der Waals surface area contributed by atoms with Crippen molar-refractivity contribution in [3.05, 3.63) is 34.9 Å². The first kappa shape index (κ1) is 14.0. The molecular weight excluding hydrogens is 236 g/mol. The normalized spacial score (nSPS) is 11.3. The molecule has 1 amide bonds. The summed E-state index contributed by atoms with van der Waals surface area (Å²) < 4.78 is 0. The van der Waals surface area contributed by atoms with E-state index in [1.165, 1.54) is 0 Å². The van der Waals surface area contributed by atoms with Crippen LogP contribution in [0.4, 0.5) is 0 Å². The van der Waals surface area contributed by atoms with E-state index >= 15 is 0 Å². The maximum atomic E-state index is 11.9. The number of carbonyl (C=O) groups excluding carboxylic acids is 1. The van der Waals surface area contributed by atoms with Crippen molar-refractivity contribution in [3.8, 4) is 0 Å². The summed E-state index contributed by atoms with van der Waals surface area (Å²) in [6.45, 7) is 5.64. The predicted molar refractivity (Wildman–Crippen MR) is 71.5 cm³/mol. The van der Waals surface area contributed by atoms with Crippen molar-refractivity contribution in [2.75, 3.05) is 20.1 Å². The molecule has 17 heavy (non-hydrogen) atoms. The van der Waals surface area contributed by atoms with Crippen LogP contribution in [0, 0.1) is 5.41 Å². The molecule has 0 aromatic heterocycles. The molecule has 94 valence electrons. The van der Waals surface area contributed by atoms with E-state index in [-0.39, 0.29) is 11.3 Å². The first-order valence-electron chi connectivity index (χ1n) is 5.63. The second kappa shape index (κ2) is 6.03. The molecule has 0 radical (unpaired) electrons. The highest BCUT2D eigenvalue weighted by atomic mass is 35.5. The molecule has 2 N–H and O–H groups in total. The molecule has 0 bridgehead atoms. The van der Waals surface area contributed by atoms with Crippen LogP contribution >= 0.6 is 11.6 Å². The van der Waals surface area contributed by atoms with E-state index in [4.69, 9.17) is 11.6 Å². The Kier molecular flexibility index (Phi) is 4.97. The average molecular weight is 255 g/mol. The van der Waals surface area contributed by atoms with Crippen molar-refractivity contribution in [1.29, 1.82) is 0 Å². The van der Waals surface area contributed by atoms with Gasteiger partial charge in [0, 0.05) is 13.1 Å². The van der Waals surface area contributed by atoms with Crippen LogP contribution in [0.5, 0.6) is 0 Å². The molecule has 4 heteroatoms. The van der Waals surface area contributed by atoms with Crippen molar-refractivity contribution < 1.29 is 4.79 Å². The van der Waals surface area contributed by atoms with E-state index in [2.05, 4.69) is 24.5 Å². The summed E-state index contributed by atoms with van der Waals surface area (Å²) in [7, 11) is 1.90. The van der Waals surface area contributed by atoms with Gasteiger partial charge in [0.1, 0.15) is 0 Å². The average Bonchev–Trinajstić information content (AvgIpc) is 2.27. The summed E-state index contributed by atoms with van der Waals surface area (Å²) in [6, 6.07) is 7.06. The second-order valence-corrected chi connectivity index (χ2v) is 5.26. The van der Waals surface area contributed by atoms with E-state index in [0.717, 1.165) is 6.54 Å². The maximum absolute atomic E-state index is 11.9. The van der Waals surface area contributed by atoms with Crippen LogP contribution in [-0.4, -0.2) is 26.0 Å². The van der Waals surface area contributed by atoms with E-state index in [1.54, 1.807) is 18.2 Å². The molecule has 0 atom stereocenters. The molecule has 0 fully saturated rings. The summed E-state index contributed by atoms with van der Waals surface area (Å²) in [5.41, 5.74) is 0.542. The van der Waals surface area contributed by atoms with Gasteiger partial charge in [-0.3, -0.25) is 4.79 Å². The fourth-order valence-corrected chi connectivity index (χ4v) is 1.82. The lowest BCUT2D eigenvalue weighted by Crippen LogP contribution is -2.39. The summed E-state index contributed by atoms with van der Waals surface area (Å²) in [6.07, 6.45) is 0. The SMILES string of the molecule is CNCC(C)(C)CNC(=O)c1ccccc1Cl. The van der Waals surface area contributed by atoms with E-state index in [0.29, 0.717) is 17.1 Å². The van der Waals surface area contributed by atoms with Crippen molar-refractivity contribution in [3.63, 3.8) is 0 Å². The summed E-state index contributed by atoms with van der Waals surface area (Å²) in [5, 5.41) is 6.49. The van der Waals surface area contributed by atoms with Gasteiger partial charge in [0.2, 0.25) is 0 Å². The van der Waals surface area contributed by atoms with Crippen molar-refractivity contribution in [2.45, 2.75) is 13.8 Å². The predicted octanol–water partition coefficient (Wildman–Crippen LogP) is 2.32. The molecule has 1 aromatic rings. The van der Waals surface area contributed by atoms with Crippen molar-refractivity contribution in [1.82, 2.24) is 10.6 Å². The number of rotatable bonds is 5. The summed E-state index contributed by atoms with van der Waals surface area (Å²) >= 11 is 5.96. The number of carbonyl (C=O) groups is 1. The van der Waals surface area contributed by atoms with Gasteiger partial charge in [0.15, 0.2) is 0 Å². The fourth-order valence-electron chi connectivity index (χ4n) is 1.60. The minimum Gasteiger partial charge on any atom is -0.351 e. The Morgan fingerprint density at radius 3 is 2.53 bits per heavy atom. The van der Waals surface area contributed by atoms with Gasteiger partial charge in [0.05, 0.1) is 10.6 Å². The van der Waals surface area contributed by atoms with Crippen LogP contribution in [0.2, 0.25) is 5.02 Å². The first-order chi connectivity index (χ1) is 7.96. The minimum absolute atomic E-state index is 0.0195. The number of hydrogen-bond acceptors (Lipinski definition) is 2. The Hall–Kier alpha value is -1.06. The molecule has 0 unspecified atom stereocenters. The third kappa shape index (κ3) is 4.36. The van der Waals surface area contributed by atoms with Crippen molar-refractivity contribution in [2.24, 2.45) is 5.41 Å². The zero-order chi connectivity index (χ0) is 12.9. The van der Waals surface area contributed by atoms with E-state index in [9.17, 15) is 4.79 Å². The lowest BCUT2D eigenvalue weighted by atomic mass is 9.93. The fraction of sp³-hybridized carbons (Fsp3) is 0.462. The van der Waals surface area contributed by atoms with Crippen LogP contribution in [0.25, 0.3) is 0 Å². The quantitative estimate of drug-likeness (QED) is 0.847. The Morgan fingerprint density at radius 1 is 1.29 bits per heavy atom. The lowest BCUT2D eigenvalue weighted by Gasteiger charge is -2.24. The number of amides is 1. The maximum Gasteiger partial charge on any atom is 0.252 e. The van der Waals surface area contributed by atoms with Gasteiger partial charge in [0.25, 0.3) is 5.91 Å². The molecule has 0 saturated heterocycles. The third-order valence-electron chi connectivity index (χ3n) is 2.50. The number of hydrogen-bond donors (Lipinski definition) is 2. The molecule has 3 nitrogen and oxygen atoms in total. The molecule has 0 aliphatic heterocycles. The van der Waals surface area contributed by atoms with E-state index < -0.39 is 0 Å². The van der Waals surface area contributed by atoms with Crippen LogP contribution in [0.3, 0.4) is 0 Å². The Morgan fingerprint density at radius 2 is 1.94 bits per heavy atom. The van der Waals surface area contributed by atoms with Gasteiger partial charge in [-0.1, -0.05) is 37.6 Å². The van der Waals surface area contributed by atoms with Crippen LogP contribution < -0.4 is 10.6 Å². The number of benzene rings is 1. The molecule has 1 rings (SSSR count). The van der Waals surface area contributed by atoms with Gasteiger partial charge in [-0.25, -0.2) is 0 Å². The Bertz CT molecular complexity index is 391. The minimum atomic E-state index is -0.125. The van der Waals surface area contributed by atoms with Gasteiger partial charge < -0.3 is 10.6 Å². The molecule has 0 heterocycles. The standard InChI is InChI=1S/C13H19ClN2O/c1-13(2,8-15-3)9-16-12(17)10-6-4-5-7-11(10)14/h4-7,15H,8-9H2,1-3H3,(H,16,17). The molecule has 0 spiro atoms. The van der Waals surface area contributed by atoms with Crippen LogP contribution in [0.1, 0.15) is 24.2 Å². The molecule has 1 aromatic carbocycles. The summed E-state index contributed by atoms with van der Waals surface area (Å²) in [4.78, 5) is 11.9. The van der Waals surface area contributed by atoms with E-state index in [1.807, 2.05) is 13.1 Å². The van der Waals surface area contributed by atoms with Gasteiger partial charge in [-0.05, 0) is 24.6 Å².